The van der Waals surface area contributed by atoms with E-state index in [0.29, 0.717) is 0 Å². The minimum atomic E-state index is 0.197. The fraction of sp³-hybridized carbons (Fsp3) is 0.300. The Morgan fingerprint density at radius 3 is 2.91 bits per heavy atom. The Hall–Kier alpha value is -1.11. The van der Waals surface area contributed by atoms with Gasteiger partial charge < -0.3 is 0 Å². The van der Waals surface area contributed by atoms with Crippen LogP contribution in [0.15, 0.2) is 41.1 Å². The quantitative estimate of drug-likeness (QED) is 0.496. The third-order valence-electron chi connectivity index (χ3n) is 1.96. The Labute approximate surface area is 66.8 Å². The van der Waals surface area contributed by atoms with Gasteiger partial charge in [-0.3, -0.25) is 4.99 Å². The standard InChI is InChI=1S/C10H11N/c1-10(2)5-3-9-8(7-10)4-6-11-9/h3-7H,1-2H3. The SMILES string of the molecule is CC1(C)C=CC2=NC=CC2=C1. The second kappa shape index (κ2) is 1.94. The Morgan fingerprint density at radius 1 is 1.27 bits per heavy atom. The molecule has 1 aliphatic heterocycles. The van der Waals surface area contributed by atoms with E-state index in [4.69, 9.17) is 0 Å². The molecule has 0 atom stereocenters. The molecule has 1 heteroatoms. The van der Waals surface area contributed by atoms with Crippen molar-refractivity contribution in [2.24, 2.45) is 10.4 Å². The predicted octanol–water partition coefficient (Wildman–Crippen LogP) is 2.48. The van der Waals surface area contributed by atoms with E-state index in [2.05, 4.69) is 43.1 Å². The number of fused-ring (bicyclic) bond motifs is 1. The summed E-state index contributed by atoms with van der Waals surface area (Å²) in [7, 11) is 0. The molecule has 11 heavy (non-hydrogen) atoms. The summed E-state index contributed by atoms with van der Waals surface area (Å²) < 4.78 is 0. The van der Waals surface area contributed by atoms with Crippen LogP contribution in [0, 0.1) is 5.41 Å². The Kier molecular flexibility index (Phi) is 1.16. The zero-order valence-corrected chi connectivity index (χ0v) is 6.83. The van der Waals surface area contributed by atoms with Gasteiger partial charge in [0.1, 0.15) is 0 Å². The van der Waals surface area contributed by atoms with E-state index in [1.165, 1.54) is 5.57 Å². The van der Waals surface area contributed by atoms with E-state index in [0.717, 1.165) is 5.71 Å². The van der Waals surface area contributed by atoms with Crippen LogP contribution in [-0.2, 0) is 0 Å². The molecule has 0 saturated carbocycles. The lowest BCUT2D eigenvalue weighted by Crippen LogP contribution is -2.11. The van der Waals surface area contributed by atoms with Crippen LogP contribution in [0.3, 0.4) is 0 Å². The lowest BCUT2D eigenvalue weighted by Gasteiger charge is -2.19. The molecular formula is C10H11N. The van der Waals surface area contributed by atoms with E-state index in [-0.39, 0.29) is 5.41 Å². The number of hydrogen-bond donors (Lipinski definition) is 0. The van der Waals surface area contributed by atoms with Gasteiger partial charge in [-0.25, -0.2) is 0 Å². The van der Waals surface area contributed by atoms with Gasteiger partial charge in [0, 0.05) is 11.6 Å². The molecule has 0 bridgehead atoms. The summed E-state index contributed by atoms with van der Waals surface area (Å²) in [5, 5.41) is 0. The highest BCUT2D eigenvalue weighted by atomic mass is 14.7. The van der Waals surface area contributed by atoms with Gasteiger partial charge in [-0.15, -0.1) is 0 Å². The van der Waals surface area contributed by atoms with Crippen LogP contribution in [0.2, 0.25) is 0 Å². The molecular weight excluding hydrogens is 134 g/mol. The minimum absolute atomic E-state index is 0.197. The zero-order chi connectivity index (χ0) is 7.90. The number of nitrogens with zero attached hydrogens (tertiary/aromatic N) is 1. The molecule has 1 nitrogen and oxygen atoms in total. The zero-order valence-electron chi connectivity index (χ0n) is 6.83. The van der Waals surface area contributed by atoms with Crippen LogP contribution >= 0.6 is 0 Å². The van der Waals surface area contributed by atoms with Crippen molar-refractivity contribution in [2.45, 2.75) is 13.8 Å². The Balaban J connectivity index is 2.45. The average molecular weight is 145 g/mol. The van der Waals surface area contributed by atoms with Gasteiger partial charge in [0.05, 0.1) is 5.71 Å². The molecule has 1 heterocycles. The molecule has 1 aliphatic carbocycles. The van der Waals surface area contributed by atoms with Gasteiger partial charge in [-0.1, -0.05) is 26.0 Å². The summed E-state index contributed by atoms with van der Waals surface area (Å²) >= 11 is 0. The van der Waals surface area contributed by atoms with Crippen molar-refractivity contribution in [3.8, 4) is 0 Å². The van der Waals surface area contributed by atoms with Crippen LogP contribution < -0.4 is 0 Å². The molecule has 2 aliphatic rings. The Morgan fingerprint density at radius 2 is 2.09 bits per heavy atom. The number of rotatable bonds is 0. The van der Waals surface area contributed by atoms with Crippen molar-refractivity contribution in [2.75, 3.05) is 0 Å². The fourth-order valence-corrected chi connectivity index (χ4v) is 1.36. The topological polar surface area (TPSA) is 12.4 Å². The summed E-state index contributed by atoms with van der Waals surface area (Å²) in [6, 6.07) is 0. The monoisotopic (exact) mass is 145 g/mol. The molecule has 0 spiro atoms. The summed E-state index contributed by atoms with van der Waals surface area (Å²) in [5.74, 6) is 0. The van der Waals surface area contributed by atoms with Crippen molar-refractivity contribution < 1.29 is 0 Å². The smallest absolute Gasteiger partial charge is 0.0696 e. The first-order chi connectivity index (χ1) is 5.17. The molecule has 2 rings (SSSR count). The normalized spacial score (nSPS) is 24.5. The lowest BCUT2D eigenvalue weighted by molar-refractivity contribution is 0.622. The molecule has 0 unspecified atom stereocenters. The summed E-state index contributed by atoms with van der Waals surface area (Å²) in [4.78, 5) is 4.20. The predicted molar refractivity (Wildman–Crippen MR) is 47.6 cm³/mol. The van der Waals surface area contributed by atoms with Crippen LogP contribution in [0.25, 0.3) is 0 Å². The largest absolute Gasteiger partial charge is 0.256 e. The molecule has 0 fully saturated rings. The molecule has 0 saturated heterocycles. The summed E-state index contributed by atoms with van der Waals surface area (Å²) in [6.45, 7) is 4.39. The van der Waals surface area contributed by atoms with Gasteiger partial charge in [-0.05, 0) is 17.7 Å². The average Bonchev–Trinajstić information content (AvgIpc) is 2.31. The molecule has 0 amide bonds. The number of hydrogen-bond acceptors (Lipinski definition) is 1. The van der Waals surface area contributed by atoms with Crippen molar-refractivity contribution in [1.29, 1.82) is 0 Å². The second-order valence-electron chi connectivity index (χ2n) is 3.58. The van der Waals surface area contributed by atoms with Crippen molar-refractivity contribution >= 4 is 5.71 Å². The van der Waals surface area contributed by atoms with E-state index in [1.54, 1.807) is 0 Å². The van der Waals surface area contributed by atoms with Crippen LogP contribution in [0.4, 0.5) is 0 Å². The fourth-order valence-electron chi connectivity index (χ4n) is 1.36. The van der Waals surface area contributed by atoms with Crippen molar-refractivity contribution in [3.63, 3.8) is 0 Å². The van der Waals surface area contributed by atoms with Gasteiger partial charge in [0.15, 0.2) is 0 Å². The Bertz CT molecular complexity index is 301. The van der Waals surface area contributed by atoms with E-state index in [9.17, 15) is 0 Å². The summed E-state index contributed by atoms with van der Waals surface area (Å²) in [5.41, 5.74) is 2.56. The van der Waals surface area contributed by atoms with E-state index >= 15 is 0 Å². The first-order valence-electron chi connectivity index (χ1n) is 3.84. The first-order valence-corrected chi connectivity index (χ1v) is 3.84. The maximum atomic E-state index is 4.20. The minimum Gasteiger partial charge on any atom is -0.256 e. The number of aliphatic imine (C=N–C) groups is 1. The summed E-state index contributed by atoms with van der Waals surface area (Å²) in [6.07, 6.45) is 10.4. The third-order valence-corrected chi connectivity index (χ3v) is 1.96. The van der Waals surface area contributed by atoms with Crippen molar-refractivity contribution in [1.82, 2.24) is 0 Å². The highest BCUT2D eigenvalue weighted by molar-refractivity contribution is 6.13. The molecule has 0 aromatic heterocycles. The van der Waals surface area contributed by atoms with Crippen LogP contribution in [-0.4, -0.2) is 5.71 Å². The van der Waals surface area contributed by atoms with Crippen LogP contribution in [0.1, 0.15) is 13.8 Å². The van der Waals surface area contributed by atoms with Crippen LogP contribution in [0.5, 0.6) is 0 Å². The van der Waals surface area contributed by atoms with Gasteiger partial charge >= 0.3 is 0 Å². The van der Waals surface area contributed by atoms with E-state index < -0.39 is 0 Å². The molecule has 0 aromatic rings. The van der Waals surface area contributed by atoms with Gasteiger partial charge in [0.2, 0.25) is 0 Å². The number of allylic oxidation sites excluding steroid dienone is 5. The van der Waals surface area contributed by atoms with Gasteiger partial charge in [0.25, 0.3) is 0 Å². The van der Waals surface area contributed by atoms with Gasteiger partial charge in [-0.2, -0.15) is 0 Å². The second-order valence-corrected chi connectivity index (χ2v) is 3.58. The maximum absolute atomic E-state index is 4.20. The highest BCUT2D eigenvalue weighted by Gasteiger charge is 2.18. The van der Waals surface area contributed by atoms with E-state index in [1.807, 2.05) is 6.20 Å². The molecule has 0 N–H and O–H groups in total. The first kappa shape index (κ1) is 6.59. The lowest BCUT2D eigenvalue weighted by atomic mass is 9.85. The third kappa shape index (κ3) is 1.07. The maximum Gasteiger partial charge on any atom is 0.0696 e. The highest BCUT2D eigenvalue weighted by Crippen LogP contribution is 2.28. The van der Waals surface area contributed by atoms with Crippen molar-refractivity contribution in [3.05, 3.63) is 36.1 Å². The molecule has 0 aromatic carbocycles. The molecule has 56 valence electrons. The molecule has 0 radical (unpaired) electrons.